The summed E-state index contributed by atoms with van der Waals surface area (Å²) in [6.45, 7) is 0.511. The van der Waals surface area contributed by atoms with Crippen molar-refractivity contribution in [2.24, 2.45) is 0 Å². The van der Waals surface area contributed by atoms with Gasteiger partial charge in [-0.3, -0.25) is 9.59 Å². The fraction of sp³-hybridized carbons (Fsp3) is 0.421. The van der Waals surface area contributed by atoms with Gasteiger partial charge in [-0.1, -0.05) is 12.5 Å². The van der Waals surface area contributed by atoms with Gasteiger partial charge < -0.3 is 14.5 Å². The van der Waals surface area contributed by atoms with Crippen LogP contribution in [0.3, 0.4) is 0 Å². The summed E-state index contributed by atoms with van der Waals surface area (Å²) in [6, 6.07) is 3.55. The topological polar surface area (TPSA) is 81.4 Å². The van der Waals surface area contributed by atoms with Crippen molar-refractivity contribution in [1.29, 1.82) is 0 Å². The molecule has 1 aromatic carbocycles. The molecule has 0 saturated heterocycles. The lowest BCUT2D eigenvalue weighted by molar-refractivity contribution is -0.140. The zero-order valence-electron chi connectivity index (χ0n) is 15.1. The number of nitrogens with one attached hydrogen (secondary N) is 1. The van der Waals surface area contributed by atoms with Crippen LogP contribution in [0.5, 0.6) is 0 Å². The molecule has 0 unspecified atom stereocenters. The van der Waals surface area contributed by atoms with Crippen molar-refractivity contribution in [3.05, 3.63) is 41.9 Å². The maximum atomic E-state index is 13.7. The van der Waals surface area contributed by atoms with E-state index in [1.807, 2.05) is 0 Å². The van der Waals surface area contributed by atoms with E-state index in [-0.39, 0.29) is 41.9 Å². The number of rotatable bonds is 10. The largest absolute Gasteiger partial charge is 0.469 e. The number of aromatic nitrogens is 1. The molecule has 1 aromatic heterocycles. The van der Waals surface area contributed by atoms with E-state index >= 15 is 0 Å². The van der Waals surface area contributed by atoms with Crippen LogP contribution in [0.1, 0.15) is 38.0 Å². The third kappa shape index (κ3) is 6.47. The normalized spacial score (nSPS) is 10.6. The highest BCUT2D eigenvalue weighted by Gasteiger charge is 2.16. The lowest BCUT2D eigenvalue weighted by Crippen LogP contribution is -2.24. The summed E-state index contributed by atoms with van der Waals surface area (Å²) in [6.07, 6.45) is 4.29. The summed E-state index contributed by atoms with van der Waals surface area (Å²) in [7, 11) is 1.35. The van der Waals surface area contributed by atoms with Gasteiger partial charge >= 0.3 is 5.97 Å². The Morgan fingerprint density at radius 1 is 1.15 bits per heavy atom. The van der Waals surface area contributed by atoms with Gasteiger partial charge in [-0.25, -0.2) is 13.8 Å². The maximum absolute atomic E-state index is 13.7. The molecule has 146 valence electrons. The number of carbonyl (C=O) groups excluding carboxylic acids is 2. The fourth-order valence-electron chi connectivity index (χ4n) is 2.48. The number of amides is 1. The van der Waals surface area contributed by atoms with Crippen molar-refractivity contribution < 1.29 is 27.5 Å². The SMILES string of the molecule is COC(=O)CCCCCNC(=O)CCc1ncc(-c2c(F)cccc2F)o1. The number of hydrogen-bond donors (Lipinski definition) is 1. The fourth-order valence-corrected chi connectivity index (χ4v) is 2.48. The molecule has 0 radical (unpaired) electrons. The highest BCUT2D eigenvalue weighted by molar-refractivity contribution is 5.76. The molecule has 8 heteroatoms. The summed E-state index contributed by atoms with van der Waals surface area (Å²) in [5.74, 6) is -1.64. The van der Waals surface area contributed by atoms with Gasteiger partial charge in [0.15, 0.2) is 11.7 Å². The molecule has 0 atom stereocenters. The molecule has 1 N–H and O–H groups in total. The molecule has 0 aliphatic heterocycles. The number of esters is 1. The molecular weight excluding hydrogens is 358 g/mol. The Morgan fingerprint density at radius 2 is 1.89 bits per heavy atom. The van der Waals surface area contributed by atoms with E-state index in [4.69, 9.17) is 4.42 Å². The van der Waals surface area contributed by atoms with Gasteiger partial charge in [0.2, 0.25) is 5.91 Å². The number of methoxy groups -OCH3 is 1. The van der Waals surface area contributed by atoms with E-state index in [0.29, 0.717) is 19.4 Å². The Balaban J connectivity index is 1.70. The summed E-state index contributed by atoms with van der Waals surface area (Å²) >= 11 is 0. The molecule has 2 rings (SSSR count). The molecule has 0 bridgehead atoms. The molecule has 27 heavy (non-hydrogen) atoms. The van der Waals surface area contributed by atoms with E-state index in [2.05, 4.69) is 15.0 Å². The second-order valence-corrected chi connectivity index (χ2v) is 5.95. The van der Waals surface area contributed by atoms with E-state index in [1.165, 1.54) is 19.4 Å². The molecule has 0 spiro atoms. The minimum Gasteiger partial charge on any atom is -0.469 e. The van der Waals surface area contributed by atoms with Gasteiger partial charge in [-0.2, -0.15) is 0 Å². The van der Waals surface area contributed by atoms with Crippen molar-refractivity contribution >= 4 is 11.9 Å². The Kier molecular flexibility index (Phi) is 7.91. The molecule has 0 saturated carbocycles. The predicted octanol–water partition coefficient (Wildman–Crippen LogP) is 3.40. The summed E-state index contributed by atoms with van der Waals surface area (Å²) in [5.41, 5.74) is -0.271. The molecule has 1 amide bonds. The van der Waals surface area contributed by atoms with E-state index < -0.39 is 11.6 Å². The predicted molar refractivity (Wildman–Crippen MR) is 93.7 cm³/mol. The maximum Gasteiger partial charge on any atom is 0.305 e. The Labute approximate surface area is 155 Å². The Bertz CT molecular complexity index is 757. The van der Waals surface area contributed by atoms with Gasteiger partial charge in [0.05, 0.1) is 18.9 Å². The number of benzene rings is 1. The number of halogens is 2. The number of carbonyl (C=O) groups is 2. The summed E-state index contributed by atoms with van der Waals surface area (Å²) in [5, 5.41) is 2.77. The zero-order valence-corrected chi connectivity index (χ0v) is 15.1. The quantitative estimate of drug-likeness (QED) is 0.505. The van der Waals surface area contributed by atoms with Crippen LogP contribution in [-0.4, -0.2) is 30.5 Å². The van der Waals surface area contributed by atoms with Crippen LogP contribution in [0, 0.1) is 11.6 Å². The molecule has 6 nitrogen and oxygen atoms in total. The van der Waals surface area contributed by atoms with Crippen LogP contribution in [-0.2, 0) is 20.7 Å². The third-order valence-corrected chi connectivity index (χ3v) is 3.94. The number of hydrogen-bond acceptors (Lipinski definition) is 5. The minimum atomic E-state index is -0.734. The third-order valence-electron chi connectivity index (χ3n) is 3.94. The van der Waals surface area contributed by atoms with Crippen molar-refractivity contribution in [3.63, 3.8) is 0 Å². The Morgan fingerprint density at radius 3 is 2.59 bits per heavy atom. The second-order valence-electron chi connectivity index (χ2n) is 5.95. The lowest BCUT2D eigenvalue weighted by atomic mass is 10.1. The van der Waals surface area contributed by atoms with Crippen LogP contribution in [0.2, 0.25) is 0 Å². The van der Waals surface area contributed by atoms with Crippen LogP contribution in [0.25, 0.3) is 11.3 Å². The summed E-state index contributed by atoms with van der Waals surface area (Å²) in [4.78, 5) is 26.7. The minimum absolute atomic E-state index is 0.00776. The first-order valence-corrected chi connectivity index (χ1v) is 8.74. The van der Waals surface area contributed by atoms with Crippen LogP contribution < -0.4 is 5.32 Å². The average molecular weight is 380 g/mol. The molecule has 0 aliphatic carbocycles. The smallest absolute Gasteiger partial charge is 0.305 e. The van der Waals surface area contributed by atoms with Crippen LogP contribution >= 0.6 is 0 Å². The highest BCUT2D eigenvalue weighted by atomic mass is 19.1. The van der Waals surface area contributed by atoms with Crippen LogP contribution in [0.15, 0.2) is 28.8 Å². The lowest BCUT2D eigenvalue weighted by Gasteiger charge is -2.04. The molecule has 1 heterocycles. The summed E-state index contributed by atoms with van der Waals surface area (Å²) < 4.78 is 37.4. The number of ether oxygens (including phenoxy) is 1. The number of oxazole rings is 1. The molecule has 0 aliphatic rings. The van der Waals surface area contributed by atoms with Gasteiger partial charge in [0, 0.05) is 25.8 Å². The van der Waals surface area contributed by atoms with Crippen molar-refractivity contribution in [2.75, 3.05) is 13.7 Å². The van der Waals surface area contributed by atoms with Gasteiger partial charge in [0.25, 0.3) is 0 Å². The molecular formula is C19H22F2N2O4. The molecule has 0 fully saturated rings. The average Bonchev–Trinajstić information content (AvgIpc) is 3.11. The zero-order chi connectivity index (χ0) is 19.6. The van der Waals surface area contributed by atoms with Crippen LogP contribution in [0.4, 0.5) is 8.78 Å². The molecule has 2 aromatic rings. The first-order chi connectivity index (χ1) is 13.0. The number of nitrogens with zero attached hydrogens (tertiary/aromatic N) is 1. The first-order valence-electron chi connectivity index (χ1n) is 8.74. The highest BCUT2D eigenvalue weighted by Crippen LogP contribution is 2.26. The Hall–Kier alpha value is -2.77. The van der Waals surface area contributed by atoms with Crippen molar-refractivity contribution in [2.45, 2.75) is 38.5 Å². The van der Waals surface area contributed by atoms with Gasteiger partial charge in [0.1, 0.15) is 11.6 Å². The van der Waals surface area contributed by atoms with Crippen molar-refractivity contribution in [3.8, 4) is 11.3 Å². The van der Waals surface area contributed by atoms with Gasteiger partial charge in [-0.05, 0) is 25.0 Å². The monoisotopic (exact) mass is 380 g/mol. The second kappa shape index (κ2) is 10.4. The van der Waals surface area contributed by atoms with Crippen molar-refractivity contribution in [1.82, 2.24) is 10.3 Å². The van der Waals surface area contributed by atoms with E-state index in [1.54, 1.807) is 0 Å². The van der Waals surface area contributed by atoms with E-state index in [9.17, 15) is 18.4 Å². The number of unbranched alkanes of at least 4 members (excludes halogenated alkanes) is 2. The van der Waals surface area contributed by atoms with Gasteiger partial charge in [-0.15, -0.1) is 0 Å². The standard InChI is InChI=1S/C19H22F2N2O4/c1-26-18(25)8-3-2-4-11-22-16(24)9-10-17-23-12-15(27-17)19-13(20)6-5-7-14(19)21/h5-7,12H,2-4,8-11H2,1H3,(H,22,24). The number of aryl methyl sites for hydroxylation is 1. The first kappa shape index (κ1) is 20.5. The van der Waals surface area contributed by atoms with E-state index in [0.717, 1.165) is 25.0 Å².